The van der Waals surface area contributed by atoms with E-state index in [4.69, 9.17) is 9.47 Å². The smallest absolute Gasteiger partial charge is 0.282 e. The Hall–Kier alpha value is -3.28. The third kappa shape index (κ3) is 3.74. The highest BCUT2D eigenvalue weighted by Crippen LogP contribution is 2.39. The minimum absolute atomic E-state index is 0.267. The molecule has 1 fully saturated rings. The minimum atomic E-state index is -0.307. The fourth-order valence-corrected chi connectivity index (χ4v) is 4.56. The van der Waals surface area contributed by atoms with Crippen molar-refractivity contribution in [2.45, 2.75) is 33.6 Å². The number of nitrogens with zero attached hydrogens (tertiary/aromatic N) is 2. The number of methoxy groups -OCH3 is 2. The van der Waals surface area contributed by atoms with Gasteiger partial charge in [0, 0.05) is 13.1 Å². The summed E-state index contributed by atoms with van der Waals surface area (Å²) in [5, 5.41) is 0. The van der Waals surface area contributed by atoms with E-state index in [9.17, 15) is 9.59 Å². The number of carbonyl (C=O) groups excluding carboxylic acids is 2. The number of hydrogen-bond acceptors (Lipinski definition) is 5. The van der Waals surface area contributed by atoms with Crippen molar-refractivity contribution in [1.29, 1.82) is 0 Å². The van der Waals surface area contributed by atoms with E-state index in [1.807, 2.05) is 38.1 Å². The number of aryl methyl sites for hydroxylation is 2. The third-order valence-electron chi connectivity index (χ3n) is 6.45. The number of ether oxygens (including phenoxy) is 2. The second-order valence-corrected chi connectivity index (χ2v) is 8.70. The summed E-state index contributed by atoms with van der Waals surface area (Å²) in [6, 6.07) is 11.1. The molecule has 0 bridgehead atoms. The van der Waals surface area contributed by atoms with Gasteiger partial charge in [-0.05, 0) is 73.6 Å². The molecule has 0 aliphatic carbocycles. The molecule has 0 radical (unpaired) electrons. The van der Waals surface area contributed by atoms with Crippen LogP contribution in [0.15, 0.2) is 42.1 Å². The molecule has 1 atom stereocenters. The lowest BCUT2D eigenvalue weighted by atomic mass is 9.97. The molecule has 6 heteroatoms. The fraction of sp³-hybridized carbons (Fsp3) is 0.385. The molecule has 0 aromatic heterocycles. The van der Waals surface area contributed by atoms with Gasteiger partial charge >= 0.3 is 0 Å². The van der Waals surface area contributed by atoms with Crippen molar-refractivity contribution in [3.05, 3.63) is 58.8 Å². The fourth-order valence-electron chi connectivity index (χ4n) is 4.56. The van der Waals surface area contributed by atoms with Crippen molar-refractivity contribution in [2.24, 2.45) is 5.92 Å². The van der Waals surface area contributed by atoms with Gasteiger partial charge in [-0.25, -0.2) is 4.90 Å². The van der Waals surface area contributed by atoms with E-state index in [2.05, 4.69) is 11.8 Å². The van der Waals surface area contributed by atoms with Crippen LogP contribution in [0, 0.1) is 19.8 Å². The minimum Gasteiger partial charge on any atom is -0.493 e. The zero-order chi connectivity index (χ0) is 23.0. The van der Waals surface area contributed by atoms with Crippen LogP contribution < -0.4 is 14.4 Å². The molecule has 32 heavy (non-hydrogen) atoms. The van der Waals surface area contributed by atoms with Gasteiger partial charge in [0.15, 0.2) is 11.5 Å². The van der Waals surface area contributed by atoms with Crippen molar-refractivity contribution in [2.75, 3.05) is 32.2 Å². The third-order valence-corrected chi connectivity index (χ3v) is 6.45. The Morgan fingerprint density at radius 1 is 0.906 bits per heavy atom. The Morgan fingerprint density at radius 3 is 2.31 bits per heavy atom. The average Bonchev–Trinajstić information content (AvgIpc) is 3.05. The number of amides is 2. The maximum atomic E-state index is 13.8. The van der Waals surface area contributed by atoms with E-state index in [1.54, 1.807) is 26.4 Å². The molecule has 4 rings (SSSR count). The van der Waals surface area contributed by atoms with Crippen LogP contribution in [0.25, 0.3) is 5.57 Å². The lowest BCUT2D eigenvalue weighted by Gasteiger charge is -2.33. The Balaban J connectivity index is 1.86. The first-order chi connectivity index (χ1) is 15.3. The zero-order valence-electron chi connectivity index (χ0n) is 19.4. The van der Waals surface area contributed by atoms with Crippen molar-refractivity contribution >= 4 is 23.1 Å². The van der Waals surface area contributed by atoms with Gasteiger partial charge in [0.2, 0.25) is 0 Å². The lowest BCUT2D eigenvalue weighted by molar-refractivity contribution is -0.120. The summed E-state index contributed by atoms with van der Waals surface area (Å²) in [6.07, 6.45) is 2.12. The Morgan fingerprint density at radius 2 is 1.66 bits per heavy atom. The van der Waals surface area contributed by atoms with E-state index in [-0.39, 0.29) is 11.8 Å². The number of anilines is 1. The molecule has 2 aromatic carbocycles. The molecular formula is C26H30N2O4. The zero-order valence-corrected chi connectivity index (χ0v) is 19.4. The summed E-state index contributed by atoms with van der Waals surface area (Å²) in [6.45, 7) is 7.70. The van der Waals surface area contributed by atoms with Gasteiger partial charge < -0.3 is 14.4 Å². The van der Waals surface area contributed by atoms with Crippen LogP contribution in [0.5, 0.6) is 11.5 Å². The molecule has 0 saturated carbocycles. The first kappa shape index (κ1) is 21.9. The number of benzene rings is 2. The van der Waals surface area contributed by atoms with E-state index in [1.165, 1.54) is 4.90 Å². The number of rotatable bonds is 5. The first-order valence-corrected chi connectivity index (χ1v) is 11.0. The molecule has 6 nitrogen and oxygen atoms in total. The molecule has 1 saturated heterocycles. The predicted molar refractivity (Wildman–Crippen MR) is 125 cm³/mol. The summed E-state index contributed by atoms with van der Waals surface area (Å²) in [5.41, 5.74) is 4.30. The summed E-state index contributed by atoms with van der Waals surface area (Å²) < 4.78 is 10.8. The molecule has 2 aliphatic rings. The maximum Gasteiger partial charge on any atom is 0.282 e. The Labute approximate surface area is 189 Å². The quantitative estimate of drug-likeness (QED) is 0.656. The summed E-state index contributed by atoms with van der Waals surface area (Å²) in [5.74, 6) is 0.985. The molecular weight excluding hydrogens is 404 g/mol. The number of hydrogen-bond donors (Lipinski definition) is 0. The van der Waals surface area contributed by atoms with E-state index in [0.717, 1.165) is 37.1 Å². The van der Waals surface area contributed by atoms with Crippen LogP contribution in [0.4, 0.5) is 5.69 Å². The number of imide groups is 1. The van der Waals surface area contributed by atoms with Gasteiger partial charge in [0.25, 0.3) is 11.8 Å². The highest BCUT2D eigenvalue weighted by Gasteiger charge is 2.43. The second kappa shape index (κ2) is 8.69. The van der Waals surface area contributed by atoms with Crippen LogP contribution >= 0.6 is 0 Å². The van der Waals surface area contributed by atoms with Crippen LogP contribution in [0.2, 0.25) is 0 Å². The number of piperidine rings is 1. The van der Waals surface area contributed by atoms with Gasteiger partial charge in [-0.3, -0.25) is 9.59 Å². The monoisotopic (exact) mass is 434 g/mol. The molecule has 1 unspecified atom stereocenters. The molecule has 2 aliphatic heterocycles. The van der Waals surface area contributed by atoms with Crippen molar-refractivity contribution in [3.8, 4) is 11.5 Å². The van der Waals surface area contributed by atoms with E-state index >= 15 is 0 Å². The molecule has 2 heterocycles. The molecule has 0 spiro atoms. The van der Waals surface area contributed by atoms with Crippen LogP contribution in [-0.4, -0.2) is 44.0 Å². The number of likely N-dealkylation sites (tertiary alicyclic amines) is 1. The molecule has 2 amide bonds. The SMILES string of the molecule is COc1ccc(C2=C(N3CCCC(C)C3)C(=O)N(c3ccc(C)c(C)c3)C2=O)cc1OC. The second-order valence-electron chi connectivity index (χ2n) is 8.70. The summed E-state index contributed by atoms with van der Waals surface area (Å²) >= 11 is 0. The molecule has 0 N–H and O–H groups in total. The van der Waals surface area contributed by atoms with Crippen LogP contribution in [0.3, 0.4) is 0 Å². The predicted octanol–water partition coefficient (Wildman–Crippen LogP) is 4.34. The van der Waals surface area contributed by atoms with E-state index < -0.39 is 0 Å². The standard InChI is InChI=1S/C26H30N2O4/c1-16-7-6-12-27(15-16)24-23(19-9-11-21(31-4)22(14-19)32-5)25(29)28(26(24)30)20-10-8-17(2)18(3)13-20/h8-11,13-14,16H,6-7,12,15H2,1-5H3. The number of carbonyl (C=O) groups is 2. The van der Waals surface area contributed by atoms with Gasteiger partial charge in [-0.15, -0.1) is 0 Å². The maximum absolute atomic E-state index is 13.8. The van der Waals surface area contributed by atoms with Gasteiger partial charge in [-0.1, -0.05) is 19.1 Å². The highest BCUT2D eigenvalue weighted by atomic mass is 16.5. The topological polar surface area (TPSA) is 59.1 Å². The van der Waals surface area contributed by atoms with Gasteiger partial charge in [0.1, 0.15) is 5.70 Å². The lowest BCUT2D eigenvalue weighted by Crippen LogP contribution is -2.39. The van der Waals surface area contributed by atoms with Crippen LogP contribution in [-0.2, 0) is 9.59 Å². The summed E-state index contributed by atoms with van der Waals surface area (Å²) in [7, 11) is 3.13. The van der Waals surface area contributed by atoms with Crippen molar-refractivity contribution in [3.63, 3.8) is 0 Å². The highest BCUT2D eigenvalue weighted by molar-refractivity contribution is 6.45. The first-order valence-electron chi connectivity index (χ1n) is 11.0. The Kier molecular flexibility index (Phi) is 5.96. The molecule has 168 valence electrons. The van der Waals surface area contributed by atoms with E-state index in [0.29, 0.717) is 39.9 Å². The molecule has 2 aromatic rings. The normalized spacial score (nSPS) is 19.1. The average molecular weight is 435 g/mol. The van der Waals surface area contributed by atoms with Crippen LogP contribution in [0.1, 0.15) is 36.5 Å². The van der Waals surface area contributed by atoms with Crippen molar-refractivity contribution < 1.29 is 19.1 Å². The van der Waals surface area contributed by atoms with Gasteiger partial charge in [0.05, 0.1) is 25.5 Å². The summed E-state index contributed by atoms with van der Waals surface area (Å²) in [4.78, 5) is 30.9. The van der Waals surface area contributed by atoms with Gasteiger partial charge in [-0.2, -0.15) is 0 Å². The Bertz CT molecular complexity index is 1110. The van der Waals surface area contributed by atoms with Crippen molar-refractivity contribution in [1.82, 2.24) is 4.90 Å². The largest absolute Gasteiger partial charge is 0.493 e.